The van der Waals surface area contributed by atoms with Gasteiger partial charge in [-0.1, -0.05) is 25.1 Å². The zero-order chi connectivity index (χ0) is 23.4. The van der Waals surface area contributed by atoms with E-state index in [1.165, 1.54) is 0 Å². The van der Waals surface area contributed by atoms with E-state index in [9.17, 15) is 9.59 Å². The molecule has 0 unspecified atom stereocenters. The van der Waals surface area contributed by atoms with Gasteiger partial charge in [-0.3, -0.25) is 0 Å². The van der Waals surface area contributed by atoms with Gasteiger partial charge in [-0.15, -0.1) is 0 Å². The van der Waals surface area contributed by atoms with Gasteiger partial charge < -0.3 is 29.0 Å². The van der Waals surface area contributed by atoms with Crippen molar-refractivity contribution in [3.05, 3.63) is 47.0 Å². The van der Waals surface area contributed by atoms with Gasteiger partial charge in [0.25, 0.3) is 0 Å². The van der Waals surface area contributed by atoms with Crippen LogP contribution in [0.1, 0.15) is 35.3 Å². The minimum Gasteiger partial charge on any atom is -0.493 e. The molecule has 0 aliphatic carbocycles. The molecular formula is C25H29NO7. The van der Waals surface area contributed by atoms with Crippen LogP contribution in [0.25, 0.3) is 11.1 Å². The first-order chi connectivity index (χ1) is 16.0. The summed E-state index contributed by atoms with van der Waals surface area (Å²) in [7, 11) is 1.63. The van der Waals surface area contributed by atoms with Gasteiger partial charge in [0.1, 0.15) is 19.8 Å². The molecule has 2 heterocycles. The number of amides is 1. The SMILES string of the molecule is CCNC(=O)OCC1(COc2c(-c3ccc4c(c3)COC4=O)ccc(CC)c2OC)COC1. The maximum Gasteiger partial charge on any atom is 0.407 e. The molecule has 0 atom stereocenters. The predicted molar refractivity (Wildman–Crippen MR) is 121 cm³/mol. The van der Waals surface area contributed by atoms with E-state index in [1.807, 2.05) is 31.2 Å². The van der Waals surface area contributed by atoms with Crippen molar-refractivity contribution in [1.82, 2.24) is 5.32 Å². The summed E-state index contributed by atoms with van der Waals surface area (Å²) in [6.45, 7) is 6.03. The summed E-state index contributed by atoms with van der Waals surface area (Å²) < 4.78 is 28.1. The van der Waals surface area contributed by atoms with Crippen LogP contribution in [0.4, 0.5) is 4.79 Å². The second kappa shape index (κ2) is 9.70. The van der Waals surface area contributed by atoms with Crippen molar-refractivity contribution in [1.29, 1.82) is 0 Å². The van der Waals surface area contributed by atoms with E-state index in [4.69, 9.17) is 23.7 Å². The molecule has 2 aliphatic heterocycles. The van der Waals surface area contributed by atoms with E-state index in [2.05, 4.69) is 12.2 Å². The molecule has 2 aliphatic rings. The Morgan fingerprint density at radius 2 is 1.88 bits per heavy atom. The van der Waals surface area contributed by atoms with Gasteiger partial charge >= 0.3 is 12.1 Å². The number of hydrogen-bond donors (Lipinski definition) is 1. The molecule has 1 N–H and O–H groups in total. The highest BCUT2D eigenvalue weighted by atomic mass is 16.6. The minimum atomic E-state index is -0.454. The molecule has 0 aromatic heterocycles. The Bertz CT molecular complexity index is 1050. The summed E-state index contributed by atoms with van der Waals surface area (Å²) in [5, 5.41) is 2.63. The van der Waals surface area contributed by atoms with Crippen molar-refractivity contribution >= 4 is 12.1 Å². The van der Waals surface area contributed by atoms with Crippen molar-refractivity contribution in [2.75, 3.05) is 40.1 Å². The second-order valence-corrected chi connectivity index (χ2v) is 8.32. The first-order valence-electron chi connectivity index (χ1n) is 11.1. The summed E-state index contributed by atoms with van der Waals surface area (Å²) in [6, 6.07) is 9.65. The Balaban J connectivity index is 1.62. The predicted octanol–water partition coefficient (Wildman–Crippen LogP) is 3.74. The van der Waals surface area contributed by atoms with E-state index in [-0.39, 0.29) is 19.2 Å². The van der Waals surface area contributed by atoms with Crippen LogP contribution >= 0.6 is 0 Å². The number of cyclic esters (lactones) is 1. The van der Waals surface area contributed by atoms with Gasteiger partial charge in [-0.05, 0) is 36.6 Å². The molecule has 0 bridgehead atoms. The Morgan fingerprint density at radius 3 is 2.55 bits per heavy atom. The van der Waals surface area contributed by atoms with Gasteiger partial charge in [-0.25, -0.2) is 9.59 Å². The number of methoxy groups -OCH3 is 1. The Morgan fingerprint density at radius 1 is 1.09 bits per heavy atom. The van der Waals surface area contributed by atoms with Crippen molar-refractivity contribution in [3.63, 3.8) is 0 Å². The average molecular weight is 456 g/mol. The lowest BCUT2D eigenvalue weighted by Crippen LogP contribution is -2.51. The zero-order valence-corrected chi connectivity index (χ0v) is 19.2. The summed E-state index contributed by atoms with van der Waals surface area (Å²) in [5.74, 6) is 0.986. The normalized spacial score (nSPS) is 15.8. The van der Waals surface area contributed by atoms with E-state index < -0.39 is 11.5 Å². The summed E-state index contributed by atoms with van der Waals surface area (Å²) >= 11 is 0. The van der Waals surface area contributed by atoms with E-state index >= 15 is 0 Å². The zero-order valence-electron chi connectivity index (χ0n) is 19.2. The van der Waals surface area contributed by atoms with Crippen LogP contribution in [0.5, 0.6) is 11.5 Å². The smallest absolute Gasteiger partial charge is 0.407 e. The highest BCUT2D eigenvalue weighted by Gasteiger charge is 2.42. The second-order valence-electron chi connectivity index (χ2n) is 8.32. The quantitative estimate of drug-likeness (QED) is 0.576. The number of rotatable bonds is 9. The fraction of sp³-hybridized carbons (Fsp3) is 0.440. The molecular weight excluding hydrogens is 426 g/mol. The van der Waals surface area contributed by atoms with Gasteiger partial charge in [0.2, 0.25) is 0 Å². The first kappa shape index (κ1) is 22.9. The van der Waals surface area contributed by atoms with E-state index in [1.54, 1.807) is 13.2 Å². The maximum atomic E-state index is 11.8. The number of hydrogen-bond acceptors (Lipinski definition) is 7. The van der Waals surface area contributed by atoms with Crippen LogP contribution in [0.15, 0.2) is 30.3 Å². The molecule has 0 radical (unpaired) electrons. The van der Waals surface area contributed by atoms with Gasteiger partial charge in [0.15, 0.2) is 11.5 Å². The van der Waals surface area contributed by atoms with Crippen molar-refractivity contribution in [2.45, 2.75) is 26.9 Å². The van der Waals surface area contributed by atoms with Crippen molar-refractivity contribution < 1.29 is 33.3 Å². The van der Waals surface area contributed by atoms with Crippen LogP contribution in [-0.2, 0) is 27.2 Å². The Labute approximate surface area is 193 Å². The van der Waals surface area contributed by atoms with Gasteiger partial charge in [0.05, 0.1) is 31.3 Å². The molecule has 1 saturated heterocycles. The van der Waals surface area contributed by atoms with E-state index in [0.717, 1.165) is 28.7 Å². The third kappa shape index (κ3) is 4.61. The highest BCUT2D eigenvalue weighted by molar-refractivity contribution is 5.94. The summed E-state index contributed by atoms with van der Waals surface area (Å²) in [5.41, 5.74) is 3.79. The Kier molecular flexibility index (Phi) is 6.74. The van der Waals surface area contributed by atoms with Crippen molar-refractivity contribution in [2.24, 2.45) is 5.41 Å². The molecule has 8 heteroatoms. The van der Waals surface area contributed by atoms with Crippen LogP contribution in [0.3, 0.4) is 0 Å². The lowest BCUT2D eigenvalue weighted by atomic mass is 9.88. The number of nitrogens with one attached hydrogen (secondary N) is 1. The molecule has 4 rings (SSSR count). The molecule has 33 heavy (non-hydrogen) atoms. The van der Waals surface area contributed by atoms with Gasteiger partial charge in [0, 0.05) is 17.7 Å². The Hall–Kier alpha value is -3.26. The van der Waals surface area contributed by atoms with Crippen LogP contribution in [-0.4, -0.2) is 52.1 Å². The molecule has 176 valence electrons. The first-order valence-corrected chi connectivity index (χ1v) is 11.1. The fourth-order valence-corrected chi connectivity index (χ4v) is 4.02. The van der Waals surface area contributed by atoms with Gasteiger partial charge in [-0.2, -0.15) is 0 Å². The monoisotopic (exact) mass is 455 g/mol. The summed E-state index contributed by atoms with van der Waals surface area (Å²) in [6.07, 6.45) is 0.325. The number of carbonyl (C=O) groups is 2. The van der Waals surface area contributed by atoms with Crippen LogP contribution < -0.4 is 14.8 Å². The highest BCUT2D eigenvalue weighted by Crippen LogP contribution is 2.43. The molecule has 2 aromatic rings. The minimum absolute atomic E-state index is 0.197. The average Bonchev–Trinajstić information content (AvgIpc) is 3.17. The third-order valence-corrected chi connectivity index (χ3v) is 5.94. The van der Waals surface area contributed by atoms with E-state index in [0.29, 0.717) is 43.4 Å². The summed E-state index contributed by atoms with van der Waals surface area (Å²) in [4.78, 5) is 23.6. The topological polar surface area (TPSA) is 92.3 Å². The number of esters is 1. The lowest BCUT2D eigenvalue weighted by molar-refractivity contribution is -0.153. The molecule has 1 fully saturated rings. The van der Waals surface area contributed by atoms with Crippen LogP contribution in [0, 0.1) is 5.41 Å². The number of ether oxygens (including phenoxy) is 5. The standard InChI is InChI=1S/C25H29NO7/c1-4-16-6-8-19(17-7-9-20-18(10-17)11-31-23(20)27)22(21(16)29-3)32-14-25(12-30-13-25)15-33-24(28)26-5-2/h6-10H,4-5,11-15H2,1-3H3,(H,26,28). The van der Waals surface area contributed by atoms with Crippen molar-refractivity contribution in [3.8, 4) is 22.6 Å². The molecule has 2 aromatic carbocycles. The number of alkyl carbamates (subject to hydrolysis) is 1. The molecule has 0 spiro atoms. The number of carbonyl (C=O) groups excluding carboxylic acids is 2. The maximum absolute atomic E-state index is 11.8. The lowest BCUT2D eigenvalue weighted by Gasteiger charge is -2.40. The third-order valence-electron chi connectivity index (χ3n) is 5.94. The number of fused-ring (bicyclic) bond motifs is 1. The number of aryl methyl sites for hydroxylation is 1. The van der Waals surface area contributed by atoms with Crippen LogP contribution in [0.2, 0.25) is 0 Å². The largest absolute Gasteiger partial charge is 0.493 e. The molecule has 1 amide bonds. The molecule has 8 nitrogen and oxygen atoms in total. The number of benzene rings is 2. The molecule has 0 saturated carbocycles. The fourth-order valence-electron chi connectivity index (χ4n) is 4.02.